The van der Waals surface area contributed by atoms with Crippen LogP contribution in [0.2, 0.25) is 5.02 Å². The Morgan fingerprint density at radius 1 is 0.818 bits per heavy atom. The Bertz CT molecular complexity index is 1310. The Kier molecular flexibility index (Phi) is 5.75. The standard InChI is InChI=1S/C26H22ClN3O3/c27-21-12-6-4-10-19(21)25(31)28-23-20-11-5-7-13-22(20)33-24(23)26(32)30-16-14-29(15-17-30)18-8-2-1-3-9-18/h1-13H,14-17H2,(H,28,31). The van der Waals surface area contributed by atoms with Crippen molar-refractivity contribution in [2.45, 2.75) is 0 Å². The zero-order chi connectivity index (χ0) is 22.8. The van der Waals surface area contributed by atoms with Gasteiger partial charge >= 0.3 is 0 Å². The van der Waals surface area contributed by atoms with Crippen LogP contribution >= 0.6 is 11.6 Å². The molecule has 1 aromatic heterocycles. The SMILES string of the molecule is O=C(Nc1c(C(=O)N2CCN(c3ccccc3)CC2)oc2ccccc12)c1ccccc1Cl. The third-order valence-electron chi connectivity index (χ3n) is 5.83. The highest BCUT2D eigenvalue weighted by atomic mass is 35.5. The number of rotatable bonds is 4. The van der Waals surface area contributed by atoms with Crippen LogP contribution in [0, 0.1) is 0 Å². The van der Waals surface area contributed by atoms with Crippen molar-refractivity contribution in [1.82, 2.24) is 4.90 Å². The number of carbonyl (C=O) groups is 2. The molecule has 0 atom stereocenters. The summed E-state index contributed by atoms with van der Waals surface area (Å²) < 4.78 is 5.94. The van der Waals surface area contributed by atoms with Crippen LogP contribution in [0.3, 0.4) is 0 Å². The fourth-order valence-corrected chi connectivity index (χ4v) is 4.32. The number of nitrogens with zero attached hydrogens (tertiary/aromatic N) is 2. The average molecular weight is 460 g/mol. The maximum absolute atomic E-state index is 13.5. The Balaban J connectivity index is 1.41. The molecule has 7 heteroatoms. The van der Waals surface area contributed by atoms with Gasteiger partial charge in [0, 0.05) is 37.3 Å². The number of fused-ring (bicyclic) bond motifs is 1. The molecule has 0 radical (unpaired) electrons. The van der Waals surface area contributed by atoms with Gasteiger partial charge in [0.15, 0.2) is 0 Å². The second kappa shape index (κ2) is 9.00. The molecule has 1 aliphatic rings. The van der Waals surface area contributed by atoms with Crippen molar-refractivity contribution in [3.05, 3.63) is 95.2 Å². The van der Waals surface area contributed by atoms with Crippen molar-refractivity contribution in [2.75, 3.05) is 36.4 Å². The number of carbonyl (C=O) groups excluding carboxylic acids is 2. The first-order valence-corrected chi connectivity index (χ1v) is 11.2. The van der Waals surface area contributed by atoms with E-state index in [9.17, 15) is 9.59 Å². The van der Waals surface area contributed by atoms with Gasteiger partial charge in [-0.2, -0.15) is 0 Å². The molecule has 1 saturated heterocycles. The van der Waals surface area contributed by atoms with Gasteiger partial charge in [0.25, 0.3) is 11.8 Å². The van der Waals surface area contributed by atoms with Gasteiger partial charge < -0.3 is 19.5 Å². The van der Waals surface area contributed by atoms with Crippen molar-refractivity contribution in [3.8, 4) is 0 Å². The monoisotopic (exact) mass is 459 g/mol. The number of piperazine rings is 1. The number of benzene rings is 3. The zero-order valence-corrected chi connectivity index (χ0v) is 18.6. The van der Waals surface area contributed by atoms with E-state index in [0.29, 0.717) is 40.3 Å². The molecular formula is C26H22ClN3O3. The van der Waals surface area contributed by atoms with E-state index in [0.717, 1.165) is 18.8 Å². The molecule has 3 aromatic carbocycles. The topological polar surface area (TPSA) is 65.8 Å². The molecule has 0 bridgehead atoms. The quantitative estimate of drug-likeness (QED) is 0.449. The highest BCUT2D eigenvalue weighted by Crippen LogP contribution is 2.33. The van der Waals surface area contributed by atoms with Crippen LogP contribution in [0.1, 0.15) is 20.9 Å². The normalized spacial score (nSPS) is 13.8. The predicted molar refractivity (Wildman–Crippen MR) is 130 cm³/mol. The minimum Gasteiger partial charge on any atom is -0.449 e. The van der Waals surface area contributed by atoms with Crippen molar-refractivity contribution in [3.63, 3.8) is 0 Å². The minimum absolute atomic E-state index is 0.129. The highest BCUT2D eigenvalue weighted by Gasteiger charge is 2.29. The number of anilines is 2. The second-order valence-corrected chi connectivity index (χ2v) is 8.26. The number of furan rings is 1. The maximum Gasteiger partial charge on any atom is 0.291 e. The molecule has 0 aliphatic carbocycles. The molecule has 1 N–H and O–H groups in total. The van der Waals surface area contributed by atoms with Gasteiger partial charge in [-0.1, -0.05) is 54.1 Å². The Hall–Kier alpha value is -3.77. The summed E-state index contributed by atoms with van der Waals surface area (Å²) in [6.45, 7) is 2.56. The van der Waals surface area contributed by atoms with Crippen LogP contribution in [-0.2, 0) is 0 Å². The van der Waals surface area contributed by atoms with E-state index >= 15 is 0 Å². The Morgan fingerprint density at radius 2 is 1.48 bits per heavy atom. The summed E-state index contributed by atoms with van der Waals surface area (Å²) in [7, 11) is 0. The van der Waals surface area contributed by atoms with Crippen LogP contribution in [0.5, 0.6) is 0 Å². The van der Waals surface area contributed by atoms with Gasteiger partial charge in [-0.25, -0.2) is 0 Å². The summed E-state index contributed by atoms with van der Waals surface area (Å²) >= 11 is 6.20. The van der Waals surface area contributed by atoms with E-state index in [-0.39, 0.29) is 11.7 Å². The lowest BCUT2D eigenvalue weighted by atomic mass is 10.1. The maximum atomic E-state index is 13.5. The number of hydrogen-bond donors (Lipinski definition) is 1. The first-order valence-electron chi connectivity index (χ1n) is 10.8. The molecule has 4 aromatic rings. The molecule has 0 saturated carbocycles. The number of amides is 2. The minimum atomic E-state index is -0.393. The largest absolute Gasteiger partial charge is 0.449 e. The molecule has 2 amide bonds. The molecule has 2 heterocycles. The van der Waals surface area contributed by atoms with E-state index in [1.54, 1.807) is 35.2 Å². The third-order valence-corrected chi connectivity index (χ3v) is 6.16. The average Bonchev–Trinajstić information content (AvgIpc) is 3.23. The number of para-hydroxylation sites is 2. The smallest absolute Gasteiger partial charge is 0.291 e. The Morgan fingerprint density at radius 3 is 2.24 bits per heavy atom. The summed E-state index contributed by atoms with van der Waals surface area (Å²) in [5.74, 6) is -0.506. The lowest BCUT2D eigenvalue weighted by molar-refractivity contribution is 0.0718. The lowest BCUT2D eigenvalue weighted by Crippen LogP contribution is -2.48. The van der Waals surface area contributed by atoms with Crippen LogP contribution in [0.4, 0.5) is 11.4 Å². The Labute approximate surface area is 196 Å². The molecule has 33 heavy (non-hydrogen) atoms. The number of nitrogens with one attached hydrogen (secondary N) is 1. The molecule has 6 nitrogen and oxygen atoms in total. The van der Waals surface area contributed by atoms with E-state index in [2.05, 4.69) is 22.3 Å². The van der Waals surface area contributed by atoms with Crippen LogP contribution in [0.25, 0.3) is 11.0 Å². The fourth-order valence-electron chi connectivity index (χ4n) is 4.10. The summed E-state index contributed by atoms with van der Waals surface area (Å²) in [6, 6.07) is 24.2. The van der Waals surface area contributed by atoms with Crippen molar-refractivity contribution >= 4 is 45.8 Å². The first kappa shape index (κ1) is 21.1. The van der Waals surface area contributed by atoms with Crippen molar-refractivity contribution < 1.29 is 14.0 Å². The summed E-state index contributed by atoms with van der Waals surface area (Å²) in [4.78, 5) is 30.4. The molecule has 166 valence electrons. The molecule has 0 spiro atoms. The van der Waals surface area contributed by atoms with Gasteiger partial charge in [-0.05, 0) is 36.4 Å². The second-order valence-electron chi connectivity index (χ2n) is 7.85. The van der Waals surface area contributed by atoms with Crippen LogP contribution in [-0.4, -0.2) is 42.9 Å². The molecule has 5 rings (SSSR count). The van der Waals surface area contributed by atoms with Gasteiger partial charge in [0.05, 0.1) is 10.6 Å². The summed E-state index contributed by atoms with van der Waals surface area (Å²) in [5, 5.41) is 3.88. The number of hydrogen-bond acceptors (Lipinski definition) is 4. The van der Waals surface area contributed by atoms with Gasteiger partial charge in [0.1, 0.15) is 11.3 Å². The third kappa shape index (κ3) is 4.17. The number of halogens is 1. The zero-order valence-electron chi connectivity index (χ0n) is 17.8. The molecule has 0 unspecified atom stereocenters. The summed E-state index contributed by atoms with van der Waals surface area (Å²) in [5.41, 5.74) is 2.38. The van der Waals surface area contributed by atoms with Crippen LogP contribution < -0.4 is 10.2 Å². The predicted octanol–water partition coefficient (Wildman–Crippen LogP) is 5.30. The van der Waals surface area contributed by atoms with Crippen molar-refractivity contribution in [1.29, 1.82) is 0 Å². The van der Waals surface area contributed by atoms with E-state index in [1.165, 1.54) is 0 Å². The summed E-state index contributed by atoms with van der Waals surface area (Å²) in [6.07, 6.45) is 0. The van der Waals surface area contributed by atoms with Crippen molar-refractivity contribution in [2.24, 2.45) is 0 Å². The fraction of sp³-hybridized carbons (Fsp3) is 0.154. The highest BCUT2D eigenvalue weighted by molar-refractivity contribution is 6.34. The van der Waals surface area contributed by atoms with Gasteiger partial charge in [0.2, 0.25) is 5.76 Å². The molecule has 1 fully saturated rings. The van der Waals surface area contributed by atoms with Gasteiger partial charge in [-0.15, -0.1) is 0 Å². The van der Waals surface area contributed by atoms with Crippen LogP contribution in [0.15, 0.2) is 83.3 Å². The van der Waals surface area contributed by atoms with E-state index in [1.807, 2.05) is 36.4 Å². The van der Waals surface area contributed by atoms with E-state index in [4.69, 9.17) is 16.0 Å². The molecule has 1 aliphatic heterocycles. The van der Waals surface area contributed by atoms with Gasteiger partial charge in [-0.3, -0.25) is 9.59 Å². The lowest BCUT2D eigenvalue weighted by Gasteiger charge is -2.35. The molecular weight excluding hydrogens is 438 g/mol. The van der Waals surface area contributed by atoms with E-state index < -0.39 is 5.91 Å². The first-order chi connectivity index (χ1) is 16.1.